The molecule has 0 saturated carbocycles. The van der Waals surface area contributed by atoms with Crippen LogP contribution in [0.3, 0.4) is 0 Å². The molecule has 3 rings (SSSR count). The Kier molecular flexibility index (Phi) is 1.11. The van der Waals surface area contributed by atoms with E-state index in [1.807, 2.05) is 0 Å². The maximum atomic E-state index is 2.58. The summed E-state index contributed by atoms with van der Waals surface area (Å²) in [4.78, 5) is 5.09. The van der Waals surface area contributed by atoms with Crippen LogP contribution in [-0.4, -0.2) is 42.0 Å². The zero-order valence-electron chi connectivity index (χ0n) is 6.79. The molecule has 60 valence electrons. The van der Waals surface area contributed by atoms with E-state index in [9.17, 15) is 0 Å². The molecule has 0 aromatic rings. The molecule has 0 bridgehead atoms. The van der Waals surface area contributed by atoms with Crippen LogP contribution in [0.1, 0.15) is 12.8 Å². The third-order valence-corrected chi connectivity index (χ3v) is 2.87. The summed E-state index contributed by atoms with van der Waals surface area (Å²) in [6.45, 7) is 5.32. The largest absolute Gasteiger partial charge is 0.370 e. The van der Waals surface area contributed by atoms with Gasteiger partial charge in [0.1, 0.15) is 0 Å². The van der Waals surface area contributed by atoms with Gasteiger partial charge in [-0.3, -0.25) is 4.90 Å². The molecule has 1 atom stereocenters. The number of allylic oxidation sites excluding steroid dienone is 1. The minimum Gasteiger partial charge on any atom is -0.370 e. The molecule has 2 nitrogen and oxygen atoms in total. The predicted molar refractivity (Wildman–Crippen MR) is 44.3 cm³/mol. The number of hydrogen-bond donors (Lipinski definition) is 0. The summed E-state index contributed by atoms with van der Waals surface area (Å²) in [7, 11) is 0. The van der Waals surface area contributed by atoms with E-state index in [0.29, 0.717) is 0 Å². The lowest BCUT2D eigenvalue weighted by Crippen LogP contribution is -2.21. The van der Waals surface area contributed by atoms with Gasteiger partial charge in [-0.15, -0.1) is 0 Å². The Bertz CT molecular complexity index is 202. The fourth-order valence-electron chi connectivity index (χ4n) is 2.06. The lowest BCUT2D eigenvalue weighted by molar-refractivity contribution is 0.403. The van der Waals surface area contributed by atoms with Gasteiger partial charge in [-0.05, 0) is 12.8 Å². The van der Waals surface area contributed by atoms with Crippen molar-refractivity contribution >= 4 is 0 Å². The third kappa shape index (κ3) is 0.968. The highest BCUT2D eigenvalue weighted by Crippen LogP contribution is 2.33. The molecule has 0 aromatic heterocycles. The van der Waals surface area contributed by atoms with E-state index >= 15 is 0 Å². The quantitative estimate of drug-likeness (QED) is 0.533. The molecular weight excluding hydrogens is 136 g/mol. The Morgan fingerprint density at radius 3 is 2.64 bits per heavy atom. The van der Waals surface area contributed by atoms with Gasteiger partial charge >= 0.3 is 0 Å². The van der Waals surface area contributed by atoms with E-state index in [4.69, 9.17) is 0 Å². The summed E-state index contributed by atoms with van der Waals surface area (Å²) >= 11 is 0. The molecule has 2 heteroatoms. The molecule has 0 aromatic carbocycles. The van der Waals surface area contributed by atoms with Crippen molar-refractivity contribution in [1.29, 1.82) is 0 Å². The van der Waals surface area contributed by atoms with E-state index in [2.05, 4.69) is 15.9 Å². The van der Waals surface area contributed by atoms with Crippen molar-refractivity contribution in [2.24, 2.45) is 0 Å². The lowest BCUT2D eigenvalue weighted by Gasteiger charge is -2.16. The summed E-state index contributed by atoms with van der Waals surface area (Å²) in [6.07, 6.45) is 5.13. The van der Waals surface area contributed by atoms with Gasteiger partial charge in [0.25, 0.3) is 0 Å². The summed E-state index contributed by atoms with van der Waals surface area (Å²) in [6, 6.07) is 0.817. The first kappa shape index (κ1) is 6.06. The molecule has 0 amide bonds. The Balaban J connectivity index is 1.77. The van der Waals surface area contributed by atoms with Gasteiger partial charge in [0.2, 0.25) is 0 Å². The molecule has 2 fully saturated rings. The molecule has 2 heterocycles. The van der Waals surface area contributed by atoms with Crippen molar-refractivity contribution in [2.45, 2.75) is 18.9 Å². The van der Waals surface area contributed by atoms with E-state index in [1.165, 1.54) is 39.0 Å². The molecule has 0 N–H and O–H groups in total. The van der Waals surface area contributed by atoms with Gasteiger partial charge in [-0.2, -0.15) is 0 Å². The maximum Gasteiger partial charge on any atom is 0.0497 e. The van der Waals surface area contributed by atoms with Crippen LogP contribution in [0.25, 0.3) is 0 Å². The Hall–Kier alpha value is -0.500. The van der Waals surface area contributed by atoms with Gasteiger partial charge in [-0.25, -0.2) is 0 Å². The Labute approximate surface area is 67.5 Å². The Morgan fingerprint density at radius 1 is 1.18 bits per heavy atom. The van der Waals surface area contributed by atoms with E-state index in [1.54, 1.807) is 5.70 Å². The zero-order chi connectivity index (χ0) is 7.26. The molecule has 0 radical (unpaired) electrons. The second-order valence-electron chi connectivity index (χ2n) is 3.75. The third-order valence-electron chi connectivity index (χ3n) is 2.87. The highest BCUT2D eigenvalue weighted by Gasteiger charge is 2.37. The standard InChI is InChI=1S/C9H14N2/c1-2-8(10-4-5-10)9(3-1)11-6-7-11/h2,9H,1,3-7H2. The first-order chi connectivity index (χ1) is 5.45. The maximum absolute atomic E-state index is 2.58. The van der Waals surface area contributed by atoms with Crippen LogP contribution >= 0.6 is 0 Å². The number of nitrogens with zero attached hydrogens (tertiary/aromatic N) is 2. The van der Waals surface area contributed by atoms with Crippen LogP contribution in [0.4, 0.5) is 0 Å². The van der Waals surface area contributed by atoms with Crippen molar-refractivity contribution in [3.05, 3.63) is 11.8 Å². The normalized spacial score (nSPS) is 35.8. The molecule has 2 aliphatic heterocycles. The lowest BCUT2D eigenvalue weighted by atomic mass is 10.2. The highest BCUT2D eigenvalue weighted by molar-refractivity contribution is 5.21. The second-order valence-corrected chi connectivity index (χ2v) is 3.75. The van der Waals surface area contributed by atoms with Gasteiger partial charge in [0, 0.05) is 37.9 Å². The Morgan fingerprint density at radius 2 is 2.00 bits per heavy atom. The molecule has 11 heavy (non-hydrogen) atoms. The zero-order valence-corrected chi connectivity index (χ0v) is 6.79. The fourth-order valence-corrected chi connectivity index (χ4v) is 2.06. The molecule has 3 aliphatic rings. The van der Waals surface area contributed by atoms with Crippen molar-refractivity contribution in [3.63, 3.8) is 0 Å². The molecular formula is C9H14N2. The fraction of sp³-hybridized carbons (Fsp3) is 0.778. The van der Waals surface area contributed by atoms with Crippen LogP contribution in [0.2, 0.25) is 0 Å². The smallest absolute Gasteiger partial charge is 0.0497 e. The van der Waals surface area contributed by atoms with Gasteiger partial charge in [0.05, 0.1) is 0 Å². The minimum atomic E-state index is 0.817. The number of rotatable bonds is 2. The van der Waals surface area contributed by atoms with Gasteiger partial charge in [-0.1, -0.05) is 6.08 Å². The van der Waals surface area contributed by atoms with Crippen LogP contribution in [-0.2, 0) is 0 Å². The first-order valence-electron chi connectivity index (χ1n) is 4.64. The molecule has 1 aliphatic carbocycles. The van der Waals surface area contributed by atoms with E-state index in [0.717, 1.165) is 6.04 Å². The van der Waals surface area contributed by atoms with Crippen LogP contribution in [0.5, 0.6) is 0 Å². The van der Waals surface area contributed by atoms with Gasteiger partial charge < -0.3 is 4.90 Å². The topological polar surface area (TPSA) is 6.02 Å². The SMILES string of the molecule is C1=C(N2CC2)C(N2CC2)CC1. The second kappa shape index (κ2) is 2.01. The van der Waals surface area contributed by atoms with Crippen molar-refractivity contribution in [1.82, 2.24) is 9.80 Å². The van der Waals surface area contributed by atoms with Crippen LogP contribution in [0, 0.1) is 0 Å². The average molecular weight is 150 g/mol. The first-order valence-corrected chi connectivity index (χ1v) is 4.64. The highest BCUT2D eigenvalue weighted by atomic mass is 15.4. The number of hydrogen-bond acceptors (Lipinski definition) is 2. The average Bonchev–Trinajstić information content (AvgIpc) is 2.91. The van der Waals surface area contributed by atoms with E-state index in [-0.39, 0.29) is 0 Å². The molecule has 1 unspecified atom stereocenters. The summed E-state index contributed by atoms with van der Waals surface area (Å²) in [5.74, 6) is 0. The predicted octanol–water partition coefficient (Wildman–Crippen LogP) is 0.664. The minimum absolute atomic E-state index is 0.817. The molecule has 2 saturated heterocycles. The van der Waals surface area contributed by atoms with Crippen LogP contribution < -0.4 is 0 Å². The van der Waals surface area contributed by atoms with Crippen molar-refractivity contribution in [3.8, 4) is 0 Å². The van der Waals surface area contributed by atoms with Crippen LogP contribution in [0.15, 0.2) is 11.8 Å². The van der Waals surface area contributed by atoms with Gasteiger partial charge in [0.15, 0.2) is 0 Å². The summed E-state index contributed by atoms with van der Waals surface area (Å²) in [5, 5.41) is 0. The van der Waals surface area contributed by atoms with Crippen molar-refractivity contribution in [2.75, 3.05) is 26.2 Å². The monoisotopic (exact) mass is 150 g/mol. The summed E-state index contributed by atoms with van der Waals surface area (Å²) in [5.41, 5.74) is 1.64. The molecule has 0 spiro atoms. The van der Waals surface area contributed by atoms with E-state index < -0.39 is 0 Å². The summed E-state index contributed by atoms with van der Waals surface area (Å²) < 4.78 is 0. The van der Waals surface area contributed by atoms with Crippen molar-refractivity contribution < 1.29 is 0 Å².